The molecule has 5 rings (SSSR count). The van der Waals surface area contributed by atoms with Crippen LogP contribution in [0.25, 0.3) is 21.5 Å². The summed E-state index contributed by atoms with van der Waals surface area (Å²) in [6.45, 7) is 3.80. The molecule has 2 atom stereocenters. The summed E-state index contributed by atoms with van der Waals surface area (Å²) in [7, 11) is 0. The number of aromatic nitrogens is 1. The number of nitrogens with zero attached hydrogens (tertiary/aromatic N) is 3. The molecule has 0 bridgehead atoms. The van der Waals surface area contributed by atoms with Gasteiger partial charge in [0.2, 0.25) is 5.91 Å². The number of piperazine rings is 1. The molecule has 1 aliphatic carbocycles. The van der Waals surface area contributed by atoms with E-state index in [4.69, 9.17) is 4.98 Å². The zero-order valence-corrected chi connectivity index (χ0v) is 24.5. The minimum Gasteiger partial charge on any atom is -0.383 e. The number of hydrogen-bond acceptors (Lipinski definition) is 6. The lowest BCUT2D eigenvalue weighted by Crippen LogP contribution is -2.49. The average Bonchev–Trinajstić information content (AvgIpc) is 3.52. The van der Waals surface area contributed by atoms with Gasteiger partial charge in [-0.25, -0.2) is 4.98 Å². The number of fused-ring (bicyclic) bond motifs is 1. The van der Waals surface area contributed by atoms with Gasteiger partial charge in [0.1, 0.15) is 0 Å². The zero-order chi connectivity index (χ0) is 29.9. The van der Waals surface area contributed by atoms with E-state index in [1.54, 1.807) is 11.3 Å². The fourth-order valence-corrected chi connectivity index (χ4v) is 6.84. The summed E-state index contributed by atoms with van der Waals surface area (Å²) in [4.78, 5) is 36.0. The number of aliphatic hydroxyl groups excluding tert-OH is 1. The maximum Gasteiger partial charge on any atom is 0.414 e. The van der Waals surface area contributed by atoms with Crippen LogP contribution < -0.4 is 5.32 Å². The Balaban J connectivity index is 1.42. The number of pyridine rings is 1. The average molecular weight is 603 g/mol. The molecule has 1 saturated heterocycles. The lowest BCUT2D eigenvalue weighted by molar-refractivity contribution is -0.207. The van der Waals surface area contributed by atoms with Gasteiger partial charge in [-0.05, 0) is 43.2 Å². The maximum atomic E-state index is 14.1. The largest absolute Gasteiger partial charge is 0.414 e. The topological polar surface area (TPSA) is 85.8 Å². The van der Waals surface area contributed by atoms with Crippen molar-refractivity contribution in [1.29, 1.82) is 0 Å². The molecule has 2 aromatic heterocycles. The van der Waals surface area contributed by atoms with Gasteiger partial charge < -0.3 is 15.3 Å². The fourth-order valence-electron chi connectivity index (χ4n) is 6.10. The number of alkyl halides is 3. The minimum absolute atomic E-state index is 0.0318. The van der Waals surface area contributed by atoms with Crippen LogP contribution >= 0.6 is 11.3 Å². The van der Waals surface area contributed by atoms with Gasteiger partial charge in [0.15, 0.2) is 6.10 Å². The Morgan fingerprint density at radius 1 is 1.07 bits per heavy atom. The first-order chi connectivity index (χ1) is 20.1. The molecule has 2 aliphatic rings. The van der Waals surface area contributed by atoms with E-state index in [2.05, 4.69) is 17.1 Å². The normalized spacial score (nSPS) is 18.6. The number of halogens is 3. The van der Waals surface area contributed by atoms with E-state index in [-0.39, 0.29) is 25.0 Å². The number of carbonyl (C=O) groups is 2. The highest BCUT2D eigenvalue weighted by Crippen LogP contribution is 2.35. The molecule has 1 aromatic carbocycles. The number of para-hydroxylation sites is 1. The lowest BCUT2D eigenvalue weighted by Gasteiger charge is -2.36. The number of benzene rings is 1. The highest BCUT2D eigenvalue weighted by atomic mass is 32.1. The number of hydrogen-bond donors (Lipinski definition) is 2. The molecule has 0 radical (unpaired) electrons. The quantitative estimate of drug-likeness (QED) is 0.350. The molecule has 0 spiro atoms. The molecule has 3 heterocycles. The number of aliphatic hydroxyl groups is 1. The highest BCUT2D eigenvalue weighted by Gasteiger charge is 2.40. The fraction of sp³-hybridized carbons (Fsp3) is 0.516. The molecule has 1 saturated carbocycles. The molecular formula is C31H37F3N4O3S. The van der Waals surface area contributed by atoms with Crippen LogP contribution in [0, 0.1) is 5.92 Å². The predicted octanol–water partition coefficient (Wildman–Crippen LogP) is 5.62. The molecule has 42 heavy (non-hydrogen) atoms. The van der Waals surface area contributed by atoms with Gasteiger partial charge in [-0.3, -0.25) is 14.5 Å². The first-order valence-corrected chi connectivity index (χ1v) is 15.5. The standard InChI is InChI=1S/C31H37F3N4O3S/c1-20(21-8-3-2-4-9-21)35-30(41)28-22-10-5-6-11-24(22)36-29(25-12-7-17-42-25)23(28)19-37-13-15-38(16-14-37)27(40)18-26(39)31(32,33)34/h5-7,10-12,17,20-21,26,39H,2-4,8-9,13-16,18-19H2,1H3,(H,35,41)/t20-,26?/m0/s1. The van der Waals surface area contributed by atoms with E-state index in [1.807, 2.05) is 41.8 Å². The van der Waals surface area contributed by atoms with Gasteiger partial charge in [-0.1, -0.05) is 43.5 Å². The van der Waals surface area contributed by atoms with Crippen molar-refractivity contribution in [2.24, 2.45) is 5.92 Å². The second-order valence-corrected chi connectivity index (χ2v) is 12.3. The number of nitrogens with one attached hydrogen (secondary N) is 1. The summed E-state index contributed by atoms with van der Waals surface area (Å²) in [5, 5.41) is 15.4. The van der Waals surface area contributed by atoms with E-state index < -0.39 is 24.6 Å². The number of amides is 2. The zero-order valence-electron chi connectivity index (χ0n) is 23.7. The first kappa shape index (κ1) is 30.4. The van der Waals surface area contributed by atoms with Crippen LogP contribution in [-0.2, 0) is 11.3 Å². The minimum atomic E-state index is -4.83. The first-order valence-electron chi connectivity index (χ1n) is 14.6. The van der Waals surface area contributed by atoms with Crippen molar-refractivity contribution in [3.8, 4) is 10.6 Å². The molecule has 2 amide bonds. The van der Waals surface area contributed by atoms with Crippen LogP contribution in [0.15, 0.2) is 41.8 Å². The number of carbonyl (C=O) groups excluding carboxylic acids is 2. The second kappa shape index (κ2) is 13.1. The Kier molecular flexibility index (Phi) is 9.49. The summed E-state index contributed by atoms with van der Waals surface area (Å²) in [6, 6.07) is 11.6. The van der Waals surface area contributed by atoms with Crippen LogP contribution in [0.3, 0.4) is 0 Å². The monoisotopic (exact) mass is 602 g/mol. The summed E-state index contributed by atoms with van der Waals surface area (Å²) in [6.07, 6.45) is -2.67. The SMILES string of the molecule is C[C@H](NC(=O)c1c(CN2CCN(C(=O)CC(O)C(F)(F)F)CC2)c(-c2cccs2)nc2ccccc12)C1CCCCC1. The van der Waals surface area contributed by atoms with E-state index in [0.717, 1.165) is 39.9 Å². The summed E-state index contributed by atoms with van der Waals surface area (Å²) in [5.41, 5.74) is 2.87. The number of rotatable bonds is 8. The van der Waals surface area contributed by atoms with Gasteiger partial charge >= 0.3 is 6.18 Å². The predicted molar refractivity (Wildman–Crippen MR) is 157 cm³/mol. The third-order valence-electron chi connectivity index (χ3n) is 8.54. The van der Waals surface area contributed by atoms with Crippen LogP contribution in [0.2, 0.25) is 0 Å². The van der Waals surface area contributed by atoms with Crippen molar-refractivity contribution in [1.82, 2.24) is 20.1 Å². The Morgan fingerprint density at radius 3 is 2.45 bits per heavy atom. The van der Waals surface area contributed by atoms with Crippen molar-refractivity contribution in [2.75, 3.05) is 26.2 Å². The molecule has 2 N–H and O–H groups in total. The molecule has 7 nitrogen and oxygen atoms in total. The third-order valence-corrected chi connectivity index (χ3v) is 9.42. The Hall–Kier alpha value is -3.02. The Bertz CT molecular complexity index is 1380. The highest BCUT2D eigenvalue weighted by molar-refractivity contribution is 7.13. The van der Waals surface area contributed by atoms with E-state index in [1.165, 1.54) is 24.2 Å². The van der Waals surface area contributed by atoms with Crippen molar-refractivity contribution >= 4 is 34.1 Å². The summed E-state index contributed by atoms with van der Waals surface area (Å²) in [5.74, 6) is -0.408. The van der Waals surface area contributed by atoms with Crippen molar-refractivity contribution in [2.45, 2.75) is 70.3 Å². The van der Waals surface area contributed by atoms with E-state index >= 15 is 0 Å². The van der Waals surface area contributed by atoms with E-state index in [9.17, 15) is 27.9 Å². The van der Waals surface area contributed by atoms with Crippen molar-refractivity contribution < 1.29 is 27.9 Å². The van der Waals surface area contributed by atoms with Crippen molar-refractivity contribution in [3.63, 3.8) is 0 Å². The molecule has 1 aliphatic heterocycles. The molecule has 226 valence electrons. The van der Waals surface area contributed by atoms with E-state index in [0.29, 0.717) is 31.1 Å². The van der Waals surface area contributed by atoms with Crippen molar-refractivity contribution in [3.05, 3.63) is 52.9 Å². The smallest absolute Gasteiger partial charge is 0.383 e. The van der Waals surface area contributed by atoms with Gasteiger partial charge in [-0.15, -0.1) is 11.3 Å². The Morgan fingerprint density at radius 2 is 1.79 bits per heavy atom. The van der Waals surface area contributed by atoms with Gasteiger partial charge in [0, 0.05) is 49.7 Å². The molecule has 11 heteroatoms. The maximum absolute atomic E-state index is 14.1. The van der Waals surface area contributed by atoms with Gasteiger partial charge in [-0.2, -0.15) is 13.2 Å². The molecule has 2 fully saturated rings. The molecule has 1 unspecified atom stereocenters. The van der Waals surface area contributed by atoms with Crippen LogP contribution in [0.1, 0.15) is 61.4 Å². The van der Waals surface area contributed by atoms with Crippen LogP contribution in [-0.4, -0.2) is 76.2 Å². The van der Waals surface area contributed by atoms with Crippen LogP contribution in [0.5, 0.6) is 0 Å². The van der Waals surface area contributed by atoms with Gasteiger partial charge in [0.25, 0.3) is 5.91 Å². The third kappa shape index (κ3) is 6.95. The molecular weight excluding hydrogens is 565 g/mol. The van der Waals surface area contributed by atoms with Crippen LogP contribution in [0.4, 0.5) is 13.2 Å². The summed E-state index contributed by atoms with van der Waals surface area (Å²) < 4.78 is 38.3. The van der Waals surface area contributed by atoms with Gasteiger partial charge in [0.05, 0.1) is 28.1 Å². The molecule has 3 aromatic rings. The summed E-state index contributed by atoms with van der Waals surface area (Å²) >= 11 is 1.55. The number of thiophene rings is 1. The second-order valence-electron chi connectivity index (χ2n) is 11.4. The Labute approximate surface area is 247 Å². The lowest BCUT2D eigenvalue weighted by atomic mass is 9.84.